The van der Waals surface area contributed by atoms with Crippen molar-refractivity contribution in [2.45, 2.75) is 6.61 Å². The maximum Gasteiger partial charge on any atom is 0.339 e. The zero-order valence-electron chi connectivity index (χ0n) is 13.8. The number of para-hydroxylation sites is 1. The Labute approximate surface area is 158 Å². The average Bonchev–Trinajstić information content (AvgIpc) is 3.11. The summed E-state index contributed by atoms with van der Waals surface area (Å²) < 4.78 is 10.9. The predicted molar refractivity (Wildman–Crippen MR) is 97.5 cm³/mol. The van der Waals surface area contributed by atoms with Gasteiger partial charge < -0.3 is 24.7 Å². The van der Waals surface area contributed by atoms with Gasteiger partial charge in [0.15, 0.2) is 5.76 Å². The molecule has 1 aromatic heterocycles. The van der Waals surface area contributed by atoms with Crippen molar-refractivity contribution < 1.29 is 29.0 Å². The molecular weight excluding hydrogens is 374 g/mol. The van der Waals surface area contributed by atoms with Gasteiger partial charge in [0.2, 0.25) is 0 Å². The highest BCUT2D eigenvalue weighted by molar-refractivity contribution is 6.32. The number of carbonyl (C=O) groups excluding carboxylic acids is 1. The van der Waals surface area contributed by atoms with Gasteiger partial charge in [-0.3, -0.25) is 4.79 Å². The van der Waals surface area contributed by atoms with Crippen LogP contribution >= 0.6 is 11.6 Å². The summed E-state index contributed by atoms with van der Waals surface area (Å²) in [6, 6.07) is 12.1. The largest absolute Gasteiger partial charge is 0.507 e. The Morgan fingerprint density at radius 2 is 1.89 bits per heavy atom. The van der Waals surface area contributed by atoms with Crippen LogP contribution in [0, 0.1) is 0 Å². The van der Waals surface area contributed by atoms with Crippen molar-refractivity contribution in [3.63, 3.8) is 0 Å². The average molecular weight is 388 g/mol. The monoisotopic (exact) mass is 387 g/mol. The number of carboxylic acids is 1. The fourth-order valence-corrected chi connectivity index (χ4v) is 2.53. The van der Waals surface area contributed by atoms with Gasteiger partial charge in [-0.05, 0) is 36.4 Å². The number of aromatic hydroxyl groups is 1. The maximum atomic E-state index is 12.5. The zero-order chi connectivity index (χ0) is 19.4. The minimum atomic E-state index is -1.30. The molecular formula is C19H14ClNO6. The first-order valence-corrected chi connectivity index (χ1v) is 8.15. The van der Waals surface area contributed by atoms with Gasteiger partial charge in [0.05, 0.1) is 16.8 Å². The highest BCUT2D eigenvalue weighted by Crippen LogP contribution is 2.26. The third-order valence-corrected chi connectivity index (χ3v) is 3.98. The highest BCUT2D eigenvalue weighted by atomic mass is 35.5. The molecule has 3 aromatic rings. The number of hydrogen-bond acceptors (Lipinski definition) is 5. The third-order valence-electron chi connectivity index (χ3n) is 3.67. The minimum Gasteiger partial charge on any atom is -0.507 e. The van der Waals surface area contributed by atoms with E-state index in [9.17, 15) is 14.7 Å². The molecule has 1 amide bonds. The summed E-state index contributed by atoms with van der Waals surface area (Å²) in [6.07, 6.45) is 1.35. The Bertz CT molecular complexity index is 997. The molecule has 0 aliphatic carbocycles. The first kappa shape index (κ1) is 18.3. The van der Waals surface area contributed by atoms with Crippen LogP contribution in [0.2, 0.25) is 5.02 Å². The maximum absolute atomic E-state index is 12.5. The quantitative estimate of drug-likeness (QED) is 0.548. The van der Waals surface area contributed by atoms with Crippen LogP contribution in [0.4, 0.5) is 5.69 Å². The molecule has 0 aliphatic heterocycles. The van der Waals surface area contributed by atoms with E-state index >= 15 is 0 Å². The second kappa shape index (κ2) is 7.84. The van der Waals surface area contributed by atoms with Crippen molar-refractivity contribution in [3.05, 3.63) is 76.7 Å². The third kappa shape index (κ3) is 4.21. The van der Waals surface area contributed by atoms with Gasteiger partial charge in [0.1, 0.15) is 23.7 Å². The van der Waals surface area contributed by atoms with E-state index in [0.717, 1.165) is 6.07 Å². The Morgan fingerprint density at radius 3 is 2.63 bits per heavy atom. The smallest absolute Gasteiger partial charge is 0.339 e. The fraction of sp³-hybridized carbons (Fsp3) is 0.0526. The molecule has 0 bridgehead atoms. The van der Waals surface area contributed by atoms with Crippen molar-refractivity contribution in [3.8, 4) is 11.5 Å². The number of phenols is 1. The summed E-state index contributed by atoms with van der Waals surface area (Å²) in [5, 5.41) is 21.6. The predicted octanol–water partition coefficient (Wildman–Crippen LogP) is 4.17. The van der Waals surface area contributed by atoms with E-state index in [2.05, 4.69) is 5.32 Å². The molecule has 0 saturated heterocycles. The topological polar surface area (TPSA) is 109 Å². The molecule has 2 aromatic carbocycles. The van der Waals surface area contributed by atoms with E-state index in [1.807, 2.05) is 0 Å². The zero-order valence-corrected chi connectivity index (χ0v) is 14.6. The number of nitrogens with one attached hydrogen (secondary N) is 1. The summed E-state index contributed by atoms with van der Waals surface area (Å²) in [6.45, 7) is -0.0184. The number of aromatic carboxylic acids is 1. The number of ether oxygens (including phenoxy) is 1. The van der Waals surface area contributed by atoms with Crippen LogP contribution in [0.5, 0.6) is 11.5 Å². The van der Waals surface area contributed by atoms with Crippen LogP contribution in [-0.4, -0.2) is 22.1 Å². The van der Waals surface area contributed by atoms with Crippen LogP contribution in [0.15, 0.2) is 59.2 Å². The number of benzene rings is 2. The molecule has 3 rings (SSSR count). The number of rotatable bonds is 6. The Hall–Kier alpha value is -3.45. The molecule has 0 atom stereocenters. The van der Waals surface area contributed by atoms with Gasteiger partial charge in [-0.25, -0.2) is 4.79 Å². The lowest BCUT2D eigenvalue weighted by Crippen LogP contribution is -2.14. The van der Waals surface area contributed by atoms with Gasteiger partial charge in [-0.15, -0.1) is 0 Å². The normalized spacial score (nSPS) is 10.4. The molecule has 0 spiro atoms. The first-order valence-electron chi connectivity index (χ1n) is 7.77. The highest BCUT2D eigenvalue weighted by Gasteiger charge is 2.17. The molecule has 27 heavy (non-hydrogen) atoms. The van der Waals surface area contributed by atoms with E-state index in [4.69, 9.17) is 25.9 Å². The number of halogens is 1. The molecule has 7 nitrogen and oxygen atoms in total. The molecule has 1 heterocycles. The summed E-state index contributed by atoms with van der Waals surface area (Å²) >= 11 is 6.02. The first-order chi connectivity index (χ1) is 13.0. The molecule has 0 fully saturated rings. The van der Waals surface area contributed by atoms with E-state index in [1.165, 1.54) is 24.5 Å². The lowest BCUT2D eigenvalue weighted by molar-refractivity contribution is 0.0693. The van der Waals surface area contributed by atoms with Crippen molar-refractivity contribution in [2.24, 2.45) is 0 Å². The van der Waals surface area contributed by atoms with Gasteiger partial charge in [0.25, 0.3) is 5.91 Å². The van der Waals surface area contributed by atoms with Gasteiger partial charge in [-0.2, -0.15) is 0 Å². The minimum absolute atomic E-state index is 0.0184. The Morgan fingerprint density at radius 1 is 1.11 bits per heavy atom. The van der Waals surface area contributed by atoms with Crippen LogP contribution in [-0.2, 0) is 6.61 Å². The molecule has 0 aliphatic rings. The number of hydrogen-bond donors (Lipinski definition) is 3. The number of furan rings is 1. The van der Waals surface area contributed by atoms with Gasteiger partial charge in [-0.1, -0.05) is 23.7 Å². The van der Waals surface area contributed by atoms with Crippen LogP contribution in [0.25, 0.3) is 0 Å². The Kier molecular flexibility index (Phi) is 5.33. The van der Waals surface area contributed by atoms with Crippen molar-refractivity contribution >= 4 is 29.2 Å². The van der Waals surface area contributed by atoms with Crippen molar-refractivity contribution in [1.29, 1.82) is 0 Å². The number of anilines is 1. The Balaban J connectivity index is 1.73. The fourth-order valence-electron chi connectivity index (χ4n) is 2.34. The summed E-state index contributed by atoms with van der Waals surface area (Å²) in [5.41, 5.74) is 0.128. The van der Waals surface area contributed by atoms with Gasteiger partial charge in [0, 0.05) is 5.69 Å². The molecule has 138 valence electrons. The van der Waals surface area contributed by atoms with Crippen LogP contribution in [0.1, 0.15) is 26.5 Å². The molecule has 8 heteroatoms. The molecule has 0 radical (unpaired) electrons. The lowest BCUT2D eigenvalue weighted by Gasteiger charge is -2.09. The van der Waals surface area contributed by atoms with E-state index < -0.39 is 17.6 Å². The molecule has 0 unspecified atom stereocenters. The van der Waals surface area contributed by atoms with Crippen LogP contribution in [0.3, 0.4) is 0 Å². The van der Waals surface area contributed by atoms with Crippen molar-refractivity contribution in [2.75, 3.05) is 5.32 Å². The lowest BCUT2D eigenvalue weighted by atomic mass is 10.1. The van der Waals surface area contributed by atoms with E-state index in [-0.39, 0.29) is 29.2 Å². The second-order valence-electron chi connectivity index (χ2n) is 5.47. The molecule has 0 saturated carbocycles. The standard InChI is InChI=1S/C19H14ClNO6/c20-14-3-1-2-4-16(14)27-10-17-12(7-8-26-17)18(23)21-11-5-6-15(22)13(9-11)19(24)25/h1-9,22H,10H2,(H,21,23)(H,24,25). The van der Waals surface area contributed by atoms with E-state index in [0.29, 0.717) is 10.8 Å². The summed E-state index contributed by atoms with van der Waals surface area (Å²) in [5.74, 6) is -1.47. The SMILES string of the molecule is O=C(O)c1cc(NC(=O)c2ccoc2COc2ccccc2Cl)ccc1O. The van der Waals surface area contributed by atoms with Gasteiger partial charge >= 0.3 is 5.97 Å². The molecule has 3 N–H and O–H groups in total. The second-order valence-corrected chi connectivity index (χ2v) is 5.87. The van der Waals surface area contributed by atoms with E-state index in [1.54, 1.807) is 24.3 Å². The van der Waals surface area contributed by atoms with Crippen molar-refractivity contribution in [1.82, 2.24) is 0 Å². The van der Waals surface area contributed by atoms with Crippen LogP contribution < -0.4 is 10.1 Å². The summed E-state index contributed by atoms with van der Waals surface area (Å²) in [7, 11) is 0. The number of amides is 1. The number of carbonyl (C=O) groups is 2. The number of carboxylic acid groups (broad SMARTS) is 1. The summed E-state index contributed by atoms with van der Waals surface area (Å²) in [4.78, 5) is 23.6.